The number of rotatable bonds is 0. The van der Waals surface area contributed by atoms with Gasteiger partial charge in [0.25, 0.3) is 0 Å². The molecule has 1 rings (SSSR count). The number of hydrogen-bond donors (Lipinski definition) is 1. The standard InChI is InChI=1S/CH2N4.2Na/c1-2-4-5-3-1;;/h1H,(H,2,3,4,5);;/q;2*+1. The van der Waals surface area contributed by atoms with Crippen molar-refractivity contribution in [1.82, 2.24) is 20.6 Å². The minimum absolute atomic E-state index is 0. The topological polar surface area (TPSA) is 54.5 Å². The maximum Gasteiger partial charge on any atom is 1.00 e. The smallest absolute Gasteiger partial charge is 0.177 e. The second kappa shape index (κ2) is 7.07. The van der Waals surface area contributed by atoms with Gasteiger partial charge in [0, 0.05) is 0 Å². The van der Waals surface area contributed by atoms with Gasteiger partial charge >= 0.3 is 59.1 Å². The van der Waals surface area contributed by atoms with Gasteiger partial charge in [-0.2, -0.15) is 5.21 Å². The van der Waals surface area contributed by atoms with E-state index in [1.54, 1.807) is 0 Å². The van der Waals surface area contributed by atoms with E-state index in [1.165, 1.54) is 6.33 Å². The van der Waals surface area contributed by atoms with Gasteiger partial charge in [-0.1, -0.05) is 5.21 Å². The molecule has 7 heavy (non-hydrogen) atoms. The Morgan fingerprint density at radius 1 is 1.29 bits per heavy atom. The third-order valence-electron chi connectivity index (χ3n) is 0.270. The van der Waals surface area contributed by atoms with Crippen LogP contribution in [0, 0.1) is 0 Å². The Bertz CT molecular complexity index is 66.2. The van der Waals surface area contributed by atoms with E-state index in [2.05, 4.69) is 20.6 Å². The van der Waals surface area contributed by atoms with Crippen molar-refractivity contribution >= 4 is 0 Å². The molecular weight excluding hydrogens is 114 g/mol. The molecule has 0 spiro atoms. The predicted molar refractivity (Wildman–Crippen MR) is 14.2 cm³/mol. The Labute approximate surface area is 85.0 Å². The van der Waals surface area contributed by atoms with Crippen molar-refractivity contribution in [2.24, 2.45) is 0 Å². The fraction of sp³-hybridized carbons (Fsp3) is 0. The van der Waals surface area contributed by atoms with Gasteiger partial charge in [-0.3, -0.25) is 0 Å². The molecule has 0 aliphatic rings. The summed E-state index contributed by atoms with van der Waals surface area (Å²) in [6, 6.07) is 0. The largest absolute Gasteiger partial charge is 1.00 e. The maximum absolute atomic E-state index is 3.38. The summed E-state index contributed by atoms with van der Waals surface area (Å²) < 4.78 is 0. The number of aromatic amines is 1. The monoisotopic (exact) mass is 116 g/mol. The van der Waals surface area contributed by atoms with Crippen LogP contribution in [0.4, 0.5) is 0 Å². The quantitative estimate of drug-likeness (QED) is 0.343. The molecule has 0 saturated heterocycles. The van der Waals surface area contributed by atoms with Gasteiger partial charge in [0.05, 0.1) is 0 Å². The van der Waals surface area contributed by atoms with Crippen molar-refractivity contribution in [3.05, 3.63) is 6.33 Å². The number of hydrogen-bond acceptors (Lipinski definition) is 3. The third-order valence-corrected chi connectivity index (χ3v) is 0.270. The molecule has 0 radical (unpaired) electrons. The summed E-state index contributed by atoms with van der Waals surface area (Å²) in [5, 5.41) is 12.2. The van der Waals surface area contributed by atoms with Gasteiger partial charge in [-0.15, -0.1) is 10.2 Å². The van der Waals surface area contributed by atoms with E-state index in [0.29, 0.717) is 0 Å². The average Bonchev–Trinajstić information content (AvgIpc) is 1.76. The van der Waals surface area contributed by atoms with E-state index in [-0.39, 0.29) is 59.1 Å². The first-order valence-corrected chi connectivity index (χ1v) is 1.16. The zero-order valence-corrected chi connectivity index (χ0v) is 8.42. The molecule has 0 bridgehead atoms. The summed E-state index contributed by atoms with van der Waals surface area (Å²) in [5.41, 5.74) is 0. The molecule has 0 aliphatic carbocycles. The Kier molecular flexibility index (Phi) is 11.1. The Hall–Kier alpha value is 1.07. The SMILES string of the molecule is [Na+].[Na+].c1nn[nH]n1. The van der Waals surface area contributed by atoms with Gasteiger partial charge in [-0.25, -0.2) is 0 Å². The van der Waals surface area contributed by atoms with Crippen LogP contribution < -0.4 is 59.1 Å². The minimum atomic E-state index is 0. The van der Waals surface area contributed by atoms with Crippen LogP contribution in [0.25, 0.3) is 0 Å². The summed E-state index contributed by atoms with van der Waals surface area (Å²) >= 11 is 0. The van der Waals surface area contributed by atoms with Crippen molar-refractivity contribution in [3.8, 4) is 0 Å². The minimum Gasteiger partial charge on any atom is -0.177 e. The van der Waals surface area contributed by atoms with Crippen molar-refractivity contribution in [1.29, 1.82) is 0 Å². The van der Waals surface area contributed by atoms with Crippen LogP contribution in [0.15, 0.2) is 6.33 Å². The summed E-state index contributed by atoms with van der Waals surface area (Å²) in [4.78, 5) is 0. The van der Waals surface area contributed by atoms with E-state index in [4.69, 9.17) is 0 Å². The number of nitrogens with zero attached hydrogens (tertiary/aromatic N) is 3. The molecule has 0 aromatic carbocycles. The molecular formula is CH2N4Na2+2. The molecule has 1 N–H and O–H groups in total. The zero-order chi connectivity index (χ0) is 3.54. The van der Waals surface area contributed by atoms with Crippen molar-refractivity contribution < 1.29 is 59.1 Å². The molecule has 4 nitrogen and oxygen atoms in total. The molecule has 1 aromatic rings. The van der Waals surface area contributed by atoms with Crippen LogP contribution in [0.2, 0.25) is 0 Å². The second-order valence-corrected chi connectivity index (χ2v) is 0.560. The van der Waals surface area contributed by atoms with Crippen LogP contribution in [0.5, 0.6) is 0 Å². The number of H-pyrrole nitrogens is 1. The van der Waals surface area contributed by atoms with E-state index >= 15 is 0 Å². The molecule has 1 aromatic heterocycles. The van der Waals surface area contributed by atoms with Gasteiger partial charge < -0.3 is 0 Å². The summed E-state index contributed by atoms with van der Waals surface area (Å²) in [5.74, 6) is 0. The van der Waals surface area contributed by atoms with Gasteiger partial charge in [0.15, 0.2) is 6.33 Å². The van der Waals surface area contributed by atoms with Crippen molar-refractivity contribution in [3.63, 3.8) is 0 Å². The number of aromatic nitrogens is 4. The summed E-state index contributed by atoms with van der Waals surface area (Å²) in [6.45, 7) is 0. The van der Waals surface area contributed by atoms with Crippen LogP contribution in [-0.2, 0) is 0 Å². The van der Waals surface area contributed by atoms with Crippen LogP contribution in [0.3, 0.4) is 0 Å². The average molecular weight is 116 g/mol. The van der Waals surface area contributed by atoms with E-state index < -0.39 is 0 Å². The van der Waals surface area contributed by atoms with Crippen molar-refractivity contribution in [2.75, 3.05) is 0 Å². The normalized spacial score (nSPS) is 5.71. The second-order valence-electron chi connectivity index (χ2n) is 0.560. The molecule has 0 fully saturated rings. The molecule has 0 unspecified atom stereocenters. The van der Waals surface area contributed by atoms with Crippen LogP contribution >= 0.6 is 0 Å². The number of nitrogens with one attached hydrogen (secondary N) is 1. The Morgan fingerprint density at radius 2 is 2.00 bits per heavy atom. The Morgan fingerprint density at radius 3 is 2.14 bits per heavy atom. The zero-order valence-electron chi connectivity index (χ0n) is 4.42. The van der Waals surface area contributed by atoms with Gasteiger partial charge in [0.2, 0.25) is 0 Å². The molecule has 0 aliphatic heterocycles. The first-order chi connectivity index (χ1) is 2.50. The van der Waals surface area contributed by atoms with Crippen molar-refractivity contribution in [2.45, 2.75) is 0 Å². The maximum atomic E-state index is 3.38. The third kappa shape index (κ3) is 4.93. The summed E-state index contributed by atoms with van der Waals surface area (Å²) in [6.07, 6.45) is 1.33. The van der Waals surface area contributed by atoms with E-state index in [1.807, 2.05) is 0 Å². The summed E-state index contributed by atoms with van der Waals surface area (Å²) in [7, 11) is 0. The van der Waals surface area contributed by atoms with E-state index in [9.17, 15) is 0 Å². The first-order valence-electron chi connectivity index (χ1n) is 1.16. The molecule has 6 heteroatoms. The molecule has 0 atom stereocenters. The fourth-order valence-corrected chi connectivity index (χ4v) is 0.129. The molecule has 26 valence electrons. The first kappa shape index (κ1) is 10.9. The van der Waals surface area contributed by atoms with Crippen LogP contribution in [-0.4, -0.2) is 20.6 Å². The fourth-order valence-electron chi connectivity index (χ4n) is 0.129. The number of tetrazole rings is 1. The van der Waals surface area contributed by atoms with Gasteiger partial charge in [-0.05, 0) is 0 Å². The molecule has 1 heterocycles. The predicted octanol–water partition coefficient (Wildman–Crippen LogP) is -6.79. The van der Waals surface area contributed by atoms with E-state index in [0.717, 1.165) is 0 Å². The Balaban J connectivity index is 0. The molecule has 0 saturated carbocycles. The molecule has 0 amide bonds. The van der Waals surface area contributed by atoms with Gasteiger partial charge in [0.1, 0.15) is 0 Å². The van der Waals surface area contributed by atoms with Crippen LogP contribution in [0.1, 0.15) is 0 Å².